The van der Waals surface area contributed by atoms with Crippen LogP contribution < -0.4 is 10.1 Å². The number of para-hydroxylation sites is 2. The van der Waals surface area contributed by atoms with Gasteiger partial charge in [-0.25, -0.2) is 0 Å². The Morgan fingerprint density at radius 2 is 1.97 bits per heavy atom. The Labute approximate surface area is 176 Å². The molecule has 1 aliphatic rings. The molecule has 2 aromatic carbocycles. The summed E-state index contributed by atoms with van der Waals surface area (Å²) < 4.78 is 5.36. The van der Waals surface area contributed by atoms with E-state index < -0.39 is 0 Å². The number of ether oxygens (including phenoxy) is 1. The number of amides is 2. The van der Waals surface area contributed by atoms with Crippen molar-refractivity contribution in [3.05, 3.63) is 65.9 Å². The molecule has 2 N–H and O–H groups in total. The number of nitrogens with one attached hydrogen (secondary N) is 2. The molecule has 6 nitrogen and oxygen atoms in total. The van der Waals surface area contributed by atoms with Gasteiger partial charge in [0.05, 0.1) is 13.0 Å². The number of methoxy groups -OCH3 is 1. The van der Waals surface area contributed by atoms with Crippen molar-refractivity contribution >= 4 is 22.7 Å². The van der Waals surface area contributed by atoms with Crippen molar-refractivity contribution in [1.82, 2.24) is 15.2 Å². The number of hydrogen-bond acceptors (Lipinski definition) is 3. The lowest BCUT2D eigenvalue weighted by molar-refractivity contribution is -0.126. The number of rotatable bonds is 6. The normalized spacial score (nSPS) is 16.4. The molecule has 156 valence electrons. The minimum atomic E-state index is -0.176. The van der Waals surface area contributed by atoms with Gasteiger partial charge in [-0.15, -0.1) is 0 Å². The summed E-state index contributed by atoms with van der Waals surface area (Å²) in [7, 11) is 1.65. The average molecular weight is 405 g/mol. The van der Waals surface area contributed by atoms with E-state index in [0.29, 0.717) is 31.7 Å². The highest BCUT2D eigenvalue weighted by atomic mass is 16.5. The number of piperidine rings is 1. The van der Waals surface area contributed by atoms with Gasteiger partial charge >= 0.3 is 0 Å². The molecule has 2 amide bonds. The largest absolute Gasteiger partial charge is 0.496 e. The summed E-state index contributed by atoms with van der Waals surface area (Å²) in [5.74, 6) is 0.626. The first-order chi connectivity index (χ1) is 14.7. The third-order valence-electron chi connectivity index (χ3n) is 5.73. The molecule has 0 bridgehead atoms. The van der Waals surface area contributed by atoms with Gasteiger partial charge in [0.15, 0.2) is 0 Å². The van der Waals surface area contributed by atoms with E-state index in [1.807, 2.05) is 54.6 Å². The van der Waals surface area contributed by atoms with Gasteiger partial charge in [0.1, 0.15) is 11.4 Å². The molecule has 1 aliphatic heterocycles. The van der Waals surface area contributed by atoms with Crippen molar-refractivity contribution in [3.8, 4) is 5.75 Å². The average Bonchev–Trinajstić information content (AvgIpc) is 3.23. The Hall–Kier alpha value is -3.28. The first kappa shape index (κ1) is 20.0. The van der Waals surface area contributed by atoms with Crippen LogP contribution in [0.5, 0.6) is 5.75 Å². The molecule has 0 radical (unpaired) electrons. The second kappa shape index (κ2) is 9.03. The van der Waals surface area contributed by atoms with Crippen molar-refractivity contribution in [2.24, 2.45) is 5.92 Å². The van der Waals surface area contributed by atoms with Crippen molar-refractivity contribution in [2.75, 3.05) is 26.7 Å². The number of hydrogen-bond donors (Lipinski definition) is 2. The van der Waals surface area contributed by atoms with E-state index in [1.165, 1.54) is 0 Å². The van der Waals surface area contributed by atoms with Gasteiger partial charge < -0.3 is 19.9 Å². The van der Waals surface area contributed by atoms with Crippen LogP contribution in [0.3, 0.4) is 0 Å². The number of fused-ring (bicyclic) bond motifs is 1. The number of nitrogens with zero attached hydrogens (tertiary/aromatic N) is 1. The van der Waals surface area contributed by atoms with E-state index >= 15 is 0 Å². The van der Waals surface area contributed by atoms with Gasteiger partial charge in [-0.2, -0.15) is 0 Å². The number of carbonyl (C=O) groups is 2. The Bertz CT molecular complexity index is 1010. The zero-order chi connectivity index (χ0) is 20.9. The van der Waals surface area contributed by atoms with E-state index in [0.717, 1.165) is 35.1 Å². The highest BCUT2D eigenvalue weighted by molar-refractivity contribution is 5.98. The maximum Gasteiger partial charge on any atom is 0.270 e. The number of aromatic amines is 1. The van der Waals surface area contributed by atoms with Crippen LogP contribution in [0.1, 0.15) is 28.9 Å². The number of likely N-dealkylation sites (tertiary alicyclic amines) is 1. The van der Waals surface area contributed by atoms with Gasteiger partial charge in [0, 0.05) is 30.5 Å². The minimum absolute atomic E-state index is 0.0130. The number of H-pyrrole nitrogens is 1. The molecule has 6 heteroatoms. The fourth-order valence-electron chi connectivity index (χ4n) is 4.11. The van der Waals surface area contributed by atoms with E-state index in [1.54, 1.807) is 12.0 Å². The van der Waals surface area contributed by atoms with Crippen LogP contribution in [0.25, 0.3) is 10.9 Å². The summed E-state index contributed by atoms with van der Waals surface area (Å²) in [4.78, 5) is 30.6. The smallest absolute Gasteiger partial charge is 0.270 e. The third-order valence-corrected chi connectivity index (χ3v) is 5.73. The molecule has 0 saturated carbocycles. The lowest BCUT2D eigenvalue weighted by Crippen LogP contribution is -2.45. The molecule has 1 saturated heterocycles. The first-order valence-electron chi connectivity index (χ1n) is 10.4. The molecule has 1 atom stereocenters. The zero-order valence-electron chi connectivity index (χ0n) is 17.2. The Balaban J connectivity index is 1.33. The van der Waals surface area contributed by atoms with Gasteiger partial charge in [-0.05, 0) is 43.0 Å². The van der Waals surface area contributed by atoms with Crippen LogP contribution in [0, 0.1) is 5.92 Å². The third kappa shape index (κ3) is 4.32. The van der Waals surface area contributed by atoms with Gasteiger partial charge in [-0.1, -0.05) is 36.4 Å². The Morgan fingerprint density at radius 3 is 2.80 bits per heavy atom. The SMILES string of the molecule is COc1ccccc1CCNC(=O)[C@H]1CCCN(C(=O)c2cc3ccccc3[nH]2)C1. The molecule has 2 heterocycles. The summed E-state index contributed by atoms with van der Waals surface area (Å²) in [6, 6.07) is 17.6. The lowest BCUT2D eigenvalue weighted by Gasteiger charge is -2.31. The van der Waals surface area contributed by atoms with Gasteiger partial charge in [0.2, 0.25) is 5.91 Å². The summed E-state index contributed by atoms with van der Waals surface area (Å²) in [6.07, 6.45) is 2.34. The van der Waals surface area contributed by atoms with Crippen LogP contribution in [-0.4, -0.2) is 48.4 Å². The molecule has 30 heavy (non-hydrogen) atoms. The molecule has 1 fully saturated rings. The second-order valence-corrected chi connectivity index (χ2v) is 7.71. The van der Waals surface area contributed by atoms with Crippen LogP contribution in [0.2, 0.25) is 0 Å². The lowest BCUT2D eigenvalue weighted by atomic mass is 9.96. The monoisotopic (exact) mass is 405 g/mol. The van der Waals surface area contributed by atoms with Crippen LogP contribution in [0.15, 0.2) is 54.6 Å². The first-order valence-corrected chi connectivity index (χ1v) is 10.4. The standard InChI is InChI=1S/C24H27N3O3/c1-30-22-11-5-3-7-17(22)12-13-25-23(28)19-9-6-14-27(16-19)24(29)21-15-18-8-2-4-10-20(18)26-21/h2-5,7-8,10-11,15,19,26H,6,9,12-14,16H2,1H3,(H,25,28)/t19-/m0/s1. The molecule has 0 unspecified atom stereocenters. The number of carbonyl (C=O) groups excluding carboxylic acids is 2. The predicted octanol–water partition coefficient (Wildman–Crippen LogP) is 3.39. The minimum Gasteiger partial charge on any atom is -0.496 e. The quantitative estimate of drug-likeness (QED) is 0.660. The summed E-state index contributed by atoms with van der Waals surface area (Å²) >= 11 is 0. The summed E-state index contributed by atoms with van der Waals surface area (Å²) in [5, 5.41) is 4.05. The highest BCUT2D eigenvalue weighted by Gasteiger charge is 2.29. The van der Waals surface area contributed by atoms with Gasteiger partial charge in [0.25, 0.3) is 5.91 Å². The molecule has 4 rings (SSSR count). The molecular weight excluding hydrogens is 378 g/mol. The van der Waals surface area contributed by atoms with E-state index in [-0.39, 0.29) is 17.7 Å². The van der Waals surface area contributed by atoms with Crippen molar-refractivity contribution in [1.29, 1.82) is 0 Å². The number of benzene rings is 2. The Kier molecular flexibility index (Phi) is 6.02. The molecule has 1 aromatic heterocycles. The van der Waals surface area contributed by atoms with Crippen LogP contribution in [0.4, 0.5) is 0 Å². The maximum atomic E-state index is 13.0. The van der Waals surface area contributed by atoms with E-state index in [9.17, 15) is 9.59 Å². The summed E-state index contributed by atoms with van der Waals surface area (Å²) in [5.41, 5.74) is 2.59. The maximum absolute atomic E-state index is 13.0. The van der Waals surface area contributed by atoms with Crippen LogP contribution >= 0.6 is 0 Å². The second-order valence-electron chi connectivity index (χ2n) is 7.71. The predicted molar refractivity (Wildman–Crippen MR) is 117 cm³/mol. The zero-order valence-corrected chi connectivity index (χ0v) is 17.2. The highest BCUT2D eigenvalue weighted by Crippen LogP contribution is 2.21. The Morgan fingerprint density at radius 1 is 1.17 bits per heavy atom. The van der Waals surface area contributed by atoms with Crippen LogP contribution in [-0.2, 0) is 11.2 Å². The summed E-state index contributed by atoms with van der Waals surface area (Å²) in [6.45, 7) is 1.68. The van der Waals surface area contributed by atoms with Crippen molar-refractivity contribution in [3.63, 3.8) is 0 Å². The fraction of sp³-hybridized carbons (Fsp3) is 0.333. The van der Waals surface area contributed by atoms with Crippen molar-refractivity contribution < 1.29 is 14.3 Å². The van der Waals surface area contributed by atoms with E-state index in [2.05, 4.69) is 10.3 Å². The topological polar surface area (TPSA) is 74.4 Å². The molecule has 3 aromatic rings. The van der Waals surface area contributed by atoms with Crippen molar-refractivity contribution in [2.45, 2.75) is 19.3 Å². The fourth-order valence-corrected chi connectivity index (χ4v) is 4.11. The van der Waals surface area contributed by atoms with E-state index in [4.69, 9.17) is 4.74 Å². The number of aromatic nitrogens is 1. The molecule has 0 aliphatic carbocycles. The van der Waals surface area contributed by atoms with Gasteiger partial charge in [-0.3, -0.25) is 9.59 Å². The molecule has 0 spiro atoms. The molecular formula is C24H27N3O3.